The Labute approximate surface area is 174 Å². The van der Waals surface area contributed by atoms with Crippen LogP contribution >= 0.6 is 0 Å². The largest absolute Gasteiger partial charge is 0.497 e. The molecule has 0 bridgehead atoms. The van der Waals surface area contributed by atoms with E-state index in [1.807, 2.05) is 56.3 Å². The van der Waals surface area contributed by atoms with Gasteiger partial charge in [0, 0.05) is 5.70 Å². The van der Waals surface area contributed by atoms with E-state index in [9.17, 15) is 4.79 Å². The van der Waals surface area contributed by atoms with Crippen molar-refractivity contribution in [3.05, 3.63) is 71.2 Å². The number of nitrogens with zero attached hydrogens (tertiary/aromatic N) is 3. The summed E-state index contributed by atoms with van der Waals surface area (Å²) in [7, 11) is 3.20. The van der Waals surface area contributed by atoms with Crippen LogP contribution in [-0.2, 0) is 4.79 Å². The molecule has 8 nitrogen and oxygen atoms in total. The van der Waals surface area contributed by atoms with Gasteiger partial charge in [-0.25, -0.2) is 4.68 Å². The third kappa shape index (κ3) is 3.47. The number of allylic oxidation sites excluding steroid dienone is 1. The second-order valence-electron chi connectivity index (χ2n) is 7.03. The van der Waals surface area contributed by atoms with E-state index in [-0.39, 0.29) is 5.91 Å². The average molecular weight is 405 g/mol. The van der Waals surface area contributed by atoms with Crippen molar-refractivity contribution in [2.75, 3.05) is 24.9 Å². The van der Waals surface area contributed by atoms with Crippen LogP contribution in [0.25, 0.3) is 0 Å². The van der Waals surface area contributed by atoms with E-state index in [4.69, 9.17) is 9.47 Å². The summed E-state index contributed by atoms with van der Waals surface area (Å²) in [4.78, 5) is 17.7. The Morgan fingerprint density at radius 2 is 1.87 bits per heavy atom. The van der Waals surface area contributed by atoms with Crippen LogP contribution in [0.5, 0.6) is 11.5 Å². The van der Waals surface area contributed by atoms with Crippen LogP contribution in [0.4, 0.5) is 11.6 Å². The number of hydrogen-bond acceptors (Lipinski definition) is 6. The van der Waals surface area contributed by atoms with Crippen LogP contribution < -0.4 is 20.1 Å². The SMILES string of the molecule is COc1ccc(C2C(C(=O)Nc3cc(C)ccc3OC)=C(C)Nc3ncnn32)cc1. The molecule has 0 spiro atoms. The number of carbonyl (C=O) groups is 1. The van der Waals surface area contributed by atoms with Gasteiger partial charge in [0.1, 0.15) is 23.9 Å². The maximum absolute atomic E-state index is 13.4. The van der Waals surface area contributed by atoms with Gasteiger partial charge in [0.25, 0.3) is 5.91 Å². The molecule has 8 heteroatoms. The minimum Gasteiger partial charge on any atom is -0.497 e. The fourth-order valence-corrected chi connectivity index (χ4v) is 3.59. The molecule has 0 fully saturated rings. The number of aryl methyl sites for hydroxylation is 1. The molecule has 30 heavy (non-hydrogen) atoms. The van der Waals surface area contributed by atoms with Gasteiger partial charge in [-0.1, -0.05) is 18.2 Å². The minimum atomic E-state index is -0.439. The molecule has 154 valence electrons. The highest BCUT2D eigenvalue weighted by Crippen LogP contribution is 2.36. The molecule has 1 atom stereocenters. The lowest BCUT2D eigenvalue weighted by atomic mass is 9.95. The standard InChI is InChI=1S/C22H23N5O3/c1-13-5-10-18(30-4)17(11-13)26-21(28)19-14(2)25-22-23-12-24-27(22)20(19)15-6-8-16(29-3)9-7-15/h5-12,20H,1-4H3,(H,26,28)(H,23,24,25). The molecule has 1 aliphatic rings. The second-order valence-corrected chi connectivity index (χ2v) is 7.03. The summed E-state index contributed by atoms with van der Waals surface area (Å²) in [5.74, 6) is 1.67. The van der Waals surface area contributed by atoms with Gasteiger partial charge in [-0.15, -0.1) is 0 Å². The van der Waals surface area contributed by atoms with Crippen molar-refractivity contribution >= 4 is 17.5 Å². The van der Waals surface area contributed by atoms with Gasteiger partial charge in [0.15, 0.2) is 0 Å². The zero-order valence-electron chi connectivity index (χ0n) is 17.3. The van der Waals surface area contributed by atoms with E-state index in [1.54, 1.807) is 18.9 Å². The highest BCUT2D eigenvalue weighted by atomic mass is 16.5. The third-order valence-corrected chi connectivity index (χ3v) is 5.07. The fourth-order valence-electron chi connectivity index (χ4n) is 3.59. The number of aromatic nitrogens is 3. The molecule has 0 saturated heterocycles. The Morgan fingerprint density at radius 1 is 1.10 bits per heavy atom. The topological polar surface area (TPSA) is 90.3 Å². The predicted molar refractivity (Wildman–Crippen MR) is 114 cm³/mol. The smallest absolute Gasteiger partial charge is 0.255 e. The number of rotatable bonds is 5. The second kappa shape index (κ2) is 7.90. The van der Waals surface area contributed by atoms with Gasteiger partial charge in [-0.2, -0.15) is 10.1 Å². The first-order chi connectivity index (χ1) is 14.5. The summed E-state index contributed by atoms with van der Waals surface area (Å²) in [6, 6.07) is 12.8. The Kier molecular flexibility index (Phi) is 5.14. The number of ether oxygens (including phenoxy) is 2. The Bertz CT molecular complexity index is 1120. The van der Waals surface area contributed by atoms with Crippen molar-refractivity contribution in [1.82, 2.24) is 14.8 Å². The highest BCUT2D eigenvalue weighted by molar-refractivity contribution is 6.06. The molecule has 0 radical (unpaired) electrons. The quantitative estimate of drug-likeness (QED) is 0.675. The van der Waals surface area contributed by atoms with Crippen LogP contribution in [-0.4, -0.2) is 34.9 Å². The summed E-state index contributed by atoms with van der Waals surface area (Å²) in [6.07, 6.45) is 1.47. The third-order valence-electron chi connectivity index (χ3n) is 5.07. The summed E-state index contributed by atoms with van der Waals surface area (Å²) in [5, 5.41) is 10.5. The zero-order chi connectivity index (χ0) is 21.3. The number of anilines is 2. The maximum Gasteiger partial charge on any atom is 0.255 e. The van der Waals surface area contributed by atoms with Crippen molar-refractivity contribution in [3.63, 3.8) is 0 Å². The number of benzene rings is 2. The molecule has 1 aromatic heterocycles. The Hall–Kier alpha value is -3.81. The van der Waals surface area contributed by atoms with E-state index < -0.39 is 6.04 Å². The van der Waals surface area contributed by atoms with Gasteiger partial charge in [0.2, 0.25) is 5.95 Å². The number of carbonyl (C=O) groups excluding carboxylic acids is 1. The lowest BCUT2D eigenvalue weighted by Gasteiger charge is -2.29. The number of amides is 1. The van der Waals surface area contributed by atoms with Crippen LogP contribution in [0.3, 0.4) is 0 Å². The maximum atomic E-state index is 13.4. The molecular formula is C22H23N5O3. The lowest BCUT2D eigenvalue weighted by molar-refractivity contribution is -0.113. The molecule has 2 aromatic carbocycles. The van der Waals surface area contributed by atoms with Gasteiger partial charge < -0.3 is 20.1 Å². The van der Waals surface area contributed by atoms with Crippen molar-refractivity contribution in [3.8, 4) is 11.5 Å². The van der Waals surface area contributed by atoms with Crippen molar-refractivity contribution in [2.24, 2.45) is 0 Å². The number of fused-ring (bicyclic) bond motifs is 1. The average Bonchev–Trinajstić information content (AvgIpc) is 3.21. The molecule has 2 heterocycles. The number of nitrogens with one attached hydrogen (secondary N) is 2. The summed E-state index contributed by atoms with van der Waals surface area (Å²) < 4.78 is 12.4. The Balaban J connectivity index is 1.75. The van der Waals surface area contributed by atoms with E-state index in [1.165, 1.54) is 6.33 Å². The van der Waals surface area contributed by atoms with Crippen molar-refractivity contribution < 1.29 is 14.3 Å². The fraction of sp³-hybridized carbons (Fsp3) is 0.227. The first-order valence-electron chi connectivity index (χ1n) is 9.49. The summed E-state index contributed by atoms with van der Waals surface area (Å²) in [5.41, 5.74) is 3.77. The molecule has 1 aliphatic heterocycles. The Morgan fingerprint density at radius 3 is 2.57 bits per heavy atom. The molecule has 4 rings (SSSR count). The molecule has 1 unspecified atom stereocenters. The van der Waals surface area contributed by atoms with Gasteiger partial charge in [0.05, 0.1) is 25.5 Å². The normalized spacial score (nSPS) is 15.3. The molecule has 3 aromatic rings. The van der Waals surface area contributed by atoms with Crippen LogP contribution in [0.2, 0.25) is 0 Å². The summed E-state index contributed by atoms with van der Waals surface area (Å²) in [6.45, 7) is 3.82. The number of methoxy groups -OCH3 is 2. The molecule has 1 amide bonds. The van der Waals surface area contributed by atoms with Crippen molar-refractivity contribution in [2.45, 2.75) is 19.9 Å². The zero-order valence-corrected chi connectivity index (χ0v) is 17.3. The van der Waals surface area contributed by atoms with E-state index in [0.29, 0.717) is 28.7 Å². The van der Waals surface area contributed by atoms with Crippen LogP contribution in [0, 0.1) is 6.92 Å². The highest BCUT2D eigenvalue weighted by Gasteiger charge is 2.33. The van der Waals surface area contributed by atoms with Gasteiger partial charge >= 0.3 is 0 Å². The first kappa shape index (κ1) is 19.5. The van der Waals surface area contributed by atoms with Crippen molar-refractivity contribution in [1.29, 1.82) is 0 Å². The van der Waals surface area contributed by atoms with Crippen LogP contribution in [0.1, 0.15) is 24.1 Å². The van der Waals surface area contributed by atoms with Crippen LogP contribution in [0.15, 0.2) is 60.1 Å². The van der Waals surface area contributed by atoms with E-state index >= 15 is 0 Å². The van der Waals surface area contributed by atoms with E-state index in [0.717, 1.165) is 16.9 Å². The number of hydrogen-bond donors (Lipinski definition) is 2. The monoisotopic (exact) mass is 405 g/mol. The van der Waals surface area contributed by atoms with Gasteiger partial charge in [-0.05, 0) is 49.2 Å². The molecule has 0 aliphatic carbocycles. The van der Waals surface area contributed by atoms with E-state index in [2.05, 4.69) is 20.7 Å². The summed E-state index contributed by atoms with van der Waals surface area (Å²) >= 11 is 0. The van der Waals surface area contributed by atoms with Gasteiger partial charge in [-0.3, -0.25) is 4.79 Å². The molecule has 0 saturated carbocycles. The molecular weight excluding hydrogens is 382 g/mol. The molecule has 2 N–H and O–H groups in total. The minimum absolute atomic E-state index is 0.245. The predicted octanol–water partition coefficient (Wildman–Crippen LogP) is 3.53. The first-order valence-corrected chi connectivity index (χ1v) is 9.49. The lowest BCUT2D eigenvalue weighted by Crippen LogP contribution is -2.31.